The zero-order valence-corrected chi connectivity index (χ0v) is 14.6. The minimum atomic E-state index is -0.340. The number of pyridine rings is 1. The molecule has 1 aliphatic heterocycles. The second-order valence-electron chi connectivity index (χ2n) is 7.53. The molecular weight excluding hydrogens is 328 g/mol. The average Bonchev–Trinajstić information content (AvgIpc) is 3.31. The molecule has 134 valence electrons. The second kappa shape index (κ2) is 6.45. The van der Waals surface area contributed by atoms with Gasteiger partial charge in [-0.15, -0.1) is 0 Å². The third-order valence-corrected chi connectivity index (χ3v) is 5.49. The third-order valence-electron chi connectivity index (χ3n) is 5.49. The Morgan fingerprint density at radius 2 is 2.04 bits per heavy atom. The van der Waals surface area contributed by atoms with Gasteiger partial charge in [-0.05, 0) is 37.0 Å². The molecule has 26 heavy (non-hydrogen) atoms. The van der Waals surface area contributed by atoms with Crippen LogP contribution in [0.4, 0.5) is 0 Å². The van der Waals surface area contributed by atoms with Gasteiger partial charge in [0, 0.05) is 36.5 Å². The first-order chi connectivity index (χ1) is 12.8. The van der Waals surface area contributed by atoms with E-state index in [1.165, 1.54) is 23.8 Å². The van der Waals surface area contributed by atoms with Gasteiger partial charge < -0.3 is 9.63 Å². The van der Waals surface area contributed by atoms with Crippen LogP contribution < -0.4 is 0 Å². The highest BCUT2D eigenvalue weighted by Crippen LogP contribution is 2.38. The van der Waals surface area contributed by atoms with Crippen LogP contribution >= 0.6 is 0 Å². The number of fused-ring (bicyclic) bond motifs is 1. The van der Waals surface area contributed by atoms with E-state index in [1.807, 2.05) is 24.4 Å². The Balaban J connectivity index is 1.28. The summed E-state index contributed by atoms with van der Waals surface area (Å²) in [5.41, 5.74) is 2.25. The Morgan fingerprint density at radius 1 is 1.15 bits per heavy atom. The van der Waals surface area contributed by atoms with Crippen molar-refractivity contribution in [1.82, 2.24) is 20.0 Å². The molecule has 2 atom stereocenters. The molecule has 1 saturated heterocycles. The molecule has 1 saturated carbocycles. The van der Waals surface area contributed by atoms with Gasteiger partial charge in [0.25, 0.3) is 0 Å². The highest BCUT2D eigenvalue weighted by Gasteiger charge is 2.33. The van der Waals surface area contributed by atoms with E-state index in [4.69, 9.17) is 4.52 Å². The Bertz CT molecular complexity index is 916. The molecule has 3 aromatic rings. The molecule has 0 unspecified atom stereocenters. The fourth-order valence-electron chi connectivity index (χ4n) is 3.92. The van der Waals surface area contributed by atoms with Crippen LogP contribution in [0.25, 0.3) is 10.9 Å². The summed E-state index contributed by atoms with van der Waals surface area (Å²) in [6, 6.07) is 10.2. The molecule has 5 rings (SSSR count). The van der Waals surface area contributed by atoms with Gasteiger partial charge in [0.05, 0.1) is 18.2 Å². The van der Waals surface area contributed by atoms with Crippen LogP contribution in [0, 0.1) is 5.92 Å². The number of rotatable bonds is 5. The first-order valence-corrected chi connectivity index (χ1v) is 9.32. The summed E-state index contributed by atoms with van der Waals surface area (Å²) < 4.78 is 5.38. The van der Waals surface area contributed by atoms with Crippen LogP contribution in [0.15, 0.2) is 41.1 Å². The van der Waals surface area contributed by atoms with Crippen LogP contribution in [0.3, 0.4) is 0 Å². The smallest absolute Gasteiger partial charge is 0.240 e. The van der Waals surface area contributed by atoms with Gasteiger partial charge >= 0.3 is 0 Å². The molecule has 0 spiro atoms. The number of hydrogen-bond acceptors (Lipinski definition) is 6. The monoisotopic (exact) mass is 350 g/mol. The van der Waals surface area contributed by atoms with Gasteiger partial charge in [-0.3, -0.25) is 9.88 Å². The van der Waals surface area contributed by atoms with E-state index >= 15 is 0 Å². The van der Waals surface area contributed by atoms with E-state index in [0.717, 1.165) is 24.3 Å². The number of aliphatic hydroxyl groups is 1. The quantitative estimate of drug-likeness (QED) is 0.762. The first kappa shape index (κ1) is 15.9. The van der Waals surface area contributed by atoms with E-state index in [1.54, 1.807) is 0 Å². The SMILES string of the molecule is O[C@H]1CN(Cc2nc(C3CC3)no2)C[C@H]1Cc1ccnc2ccccc12. The Morgan fingerprint density at radius 3 is 2.92 bits per heavy atom. The standard InChI is InChI=1S/C20H22N4O2/c25-18-11-24(12-19-22-20(23-26-19)13-5-6-13)10-15(18)9-14-7-8-21-17-4-2-1-3-16(14)17/h1-4,7-8,13,15,18,25H,5-6,9-12H2/t15-,18+/m1/s1. The summed E-state index contributed by atoms with van der Waals surface area (Å²) in [4.78, 5) is 11.1. The number of benzene rings is 1. The minimum Gasteiger partial charge on any atom is -0.391 e. The molecular formula is C20H22N4O2. The average molecular weight is 350 g/mol. The first-order valence-electron chi connectivity index (χ1n) is 9.32. The topological polar surface area (TPSA) is 75.3 Å². The Labute approximate surface area is 151 Å². The highest BCUT2D eigenvalue weighted by atomic mass is 16.5. The van der Waals surface area contributed by atoms with Crippen molar-refractivity contribution in [2.75, 3.05) is 13.1 Å². The van der Waals surface area contributed by atoms with Crippen molar-refractivity contribution in [3.8, 4) is 0 Å². The maximum atomic E-state index is 10.6. The Kier molecular flexibility index (Phi) is 3.94. The molecule has 6 nitrogen and oxygen atoms in total. The van der Waals surface area contributed by atoms with Crippen LogP contribution in [-0.2, 0) is 13.0 Å². The van der Waals surface area contributed by atoms with Gasteiger partial charge in [-0.2, -0.15) is 4.98 Å². The van der Waals surface area contributed by atoms with Crippen molar-refractivity contribution < 1.29 is 9.63 Å². The number of likely N-dealkylation sites (tertiary alicyclic amines) is 1. The van der Waals surface area contributed by atoms with E-state index in [9.17, 15) is 5.11 Å². The van der Waals surface area contributed by atoms with Crippen molar-refractivity contribution in [2.45, 2.75) is 37.8 Å². The maximum Gasteiger partial charge on any atom is 0.240 e. The molecule has 2 fully saturated rings. The Hall–Kier alpha value is -2.31. The van der Waals surface area contributed by atoms with Crippen molar-refractivity contribution in [3.63, 3.8) is 0 Å². The molecule has 6 heteroatoms. The zero-order chi connectivity index (χ0) is 17.5. The van der Waals surface area contributed by atoms with Gasteiger partial charge in [0.1, 0.15) is 0 Å². The number of aliphatic hydroxyl groups excluding tert-OH is 1. The maximum absolute atomic E-state index is 10.6. The normalized spacial score (nSPS) is 23.7. The minimum absolute atomic E-state index is 0.201. The van der Waals surface area contributed by atoms with Crippen LogP contribution in [0.2, 0.25) is 0 Å². The number of β-amino-alcohol motifs (C(OH)–C–C–N with tert-alkyl or cyclic N) is 1. The molecule has 2 aliphatic rings. The number of para-hydroxylation sites is 1. The molecule has 0 radical (unpaired) electrons. The summed E-state index contributed by atoms with van der Waals surface area (Å²) in [7, 11) is 0. The molecule has 2 aromatic heterocycles. The molecule has 1 N–H and O–H groups in total. The van der Waals surface area contributed by atoms with E-state index in [0.29, 0.717) is 24.9 Å². The molecule has 1 aromatic carbocycles. The lowest BCUT2D eigenvalue weighted by Gasteiger charge is -2.15. The summed E-state index contributed by atoms with van der Waals surface area (Å²) in [5, 5.41) is 15.8. The predicted molar refractivity (Wildman–Crippen MR) is 96.5 cm³/mol. The van der Waals surface area contributed by atoms with Crippen molar-refractivity contribution in [1.29, 1.82) is 0 Å². The van der Waals surface area contributed by atoms with E-state index in [2.05, 4.69) is 32.2 Å². The summed E-state index contributed by atoms with van der Waals surface area (Å²) in [6.45, 7) is 2.10. The molecule has 0 bridgehead atoms. The summed E-state index contributed by atoms with van der Waals surface area (Å²) in [6.07, 6.45) is 4.70. The van der Waals surface area contributed by atoms with Crippen molar-refractivity contribution in [2.24, 2.45) is 5.92 Å². The van der Waals surface area contributed by atoms with Crippen LogP contribution in [-0.4, -0.2) is 44.3 Å². The van der Waals surface area contributed by atoms with E-state index in [-0.39, 0.29) is 12.0 Å². The van der Waals surface area contributed by atoms with Gasteiger partial charge in [-0.1, -0.05) is 23.4 Å². The zero-order valence-electron chi connectivity index (χ0n) is 14.6. The van der Waals surface area contributed by atoms with Crippen LogP contribution in [0.1, 0.15) is 36.0 Å². The van der Waals surface area contributed by atoms with Gasteiger partial charge in [0.15, 0.2) is 5.82 Å². The summed E-state index contributed by atoms with van der Waals surface area (Å²) >= 11 is 0. The number of hydrogen-bond donors (Lipinski definition) is 1. The predicted octanol–water partition coefficient (Wildman–Crippen LogP) is 2.53. The lowest BCUT2D eigenvalue weighted by Crippen LogP contribution is -2.21. The highest BCUT2D eigenvalue weighted by molar-refractivity contribution is 5.81. The molecule has 3 heterocycles. The summed E-state index contributed by atoms with van der Waals surface area (Å²) in [5.74, 6) is 2.21. The molecule has 1 aliphatic carbocycles. The number of aromatic nitrogens is 3. The largest absolute Gasteiger partial charge is 0.391 e. The lowest BCUT2D eigenvalue weighted by molar-refractivity contribution is 0.139. The number of nitrogens with zero attached hydrogens (tertiary/aromatic N) is 4. The van der Waals surface area contributed by atoms with Gasteiger partial charge in [0.2, 0.25) is 5.89 Å². The van der Waals surface area contributed by atoms with E-state index < -0.39 is 0 Å². The lowest BCUT2D eigenvalue weighted by atomic mass is 9.94. The fourth-order valence-corrected chi connectivity index (χ4v) is 3.92. The second-order valence-corrected chi connectivity index (χ2v) is 7.53. The van der Waals surface area contributed by atoms with Crippen molar-refractivity contribution in [3.05, 3.63) is 53.8 Å². The fraction of sp³-hybridized carbons (Fsp3) is 0.450. The van der Waals surface area contributed by atoms with Gasteiger partial charge in [-0.25, -0.2) is 0 Å². The van der Waals surface area contributed by atoms with Crippen LogP contribution in [0.5, 0.6) is 0 Å². The third kappa shape index (κ3) is 3.10. The van der Waals surface area contributed by atoms with Crippen molar-refractivity contribution >= 4 is 10.9 Å². The molecule has 0 amide bonds.